The van der Waals surface area contributed by atoms with Crippen LogP contribution in [-0.2, 0) is 6.42 Å². The van der Waals surface area contributed by atoms with E-state index in [1.165, 1.54) is 0 Å². The number of rotatable bonds is 3. The standard InChI is InChI=1S/C8H15N3O/c1-6-3-7(11-10-6)4-8(2,9)5-12/h3,12H,4-5,9H2,1-2H3,(H,10,11). The minimum absolute atomic E-state index is 0.0289. The average molecular weight is 169 g/mol. The summed E-state index contributed by atoms with van der Waals surface area (Å²) in [6.45, 7) is 3.71. The number of aromatic nitrogens is 2. The van der Waals surface area contributed by atoms with Crippen LogP contribution in [0.1, 0.15) is 18.3 Å². The van der Waals surface area contributed by atoms with Crippen molar-refractivity contribution in [2.24, 2.45) is 5.73 Å². The Balaban J connectivity index is 2.63. The summed E-state index contributed by atoms with van der Waals surface area (Å²) in [5, 5.41) is 15.8. The molecule has 0 aliphatic carbocycles. The maximum atomic E-state index is 8.90. The van der Waals surface area contributed by atoms with E-state index < -0.39 is 5.54 Å². The van der Waals surface area contributed by atoms with Gasteiger partial charge in [0.2, 0.25) is 0 Å². The van der Waals surface area contributed by atoms with Gasteiger partial charge in [-0.3, -0.25) is 5.10 Å². The van der Waals surface area contributed by atoms with Crippen molar-refractivity contribution in [2.75, 3.05) is 6.61 Å². The zero-order valence-electron chi connectivity index (χ0n) is 7.46. The van der Waals surface area contributed by atoms with E-state index >= 15 is 0 Å². The van der Waals surface area contributed by atoms with Crippen LogP contribution in [0.3, 0.4) is 0 Å². The lowest BCUT2D eigenvalue weighted by atomic mass is 9.98. The summed E-state index contributed by atoms with van der Waals surface area (Å²) >= 11 is 0. The number of hydrogen-bond donors (Lipinski definition) is 3. The van der Waals surface area contributed by atoms with Crippen molar-refractivity contribution in [3.8, 4) is 0 Å². The van der Waals surface area contributed by atoms with E-state index in [4.69, 9.17) is 10.8 Å². The van der Waals surface area contributed by atoms with Crippen molar-refractivity contribution in [1.82, 2.24) is 10.2 Å². The lowest BCUT2D eigenvalue weighted by molar-refractivity contribution is 0.207. The SMILES string of the molecule is Cc1cc(CC(C)(N)CO)n[nH]1. The first-order valence-electron chi connectivity index (χ1n) is 3.94. The third-order valence-electron chi connectivity index (χ3n) is 1.71. The zero-order chi connectivity index (χ0) is 9.19. The van der Waals surface area contributed by atoms with Gasteiger partial charge in [-0.1, -0.05) is 0 Å². The van der Waals surface area contributed by atoms with Crippen LogP contribution in [0.4, 0.5) is 0 Å². The molecule has 1 aromatic heterocycles. The Morgan fingerprint density at radius 1 is 1.75 bits per heavy atom. The smallest absolute Gasteiger partial charge is 0.0643 e. The van der Waals surface area contributed by atoms with Crippen molar-refractivity contribution >= 4 is 0 Å². The fourth-order valence-electron chi connectivity index (χ4n) is 1.03. The Labute approximate surface area is 71.8 Å². The molecule has 4 N–H and O–H groups in total. The van der Waals surface area contributed by atoms with E-state index in [9.17, 15) is 0 Å². The summed E-state index contributed by atoms with van der Waals surface area (Å²) in [4.78, 5) is 0. The van der Waals surface area contributed by atoms with E-state index in [0.717, 1.165) is 11.4 Å². The Bertz CT molecular complexity index is 255. The molecule has 0 amide bonds. The van der Waals surface area contributed by atoms with Crippen molar-refractivity contribution in [1.29, 1.82) is 0 Å². The lowest BCUT2D eigenvalue weighted by Gasteiger charge is -2.19. The van der Waals surface area contributed by atoms with E-state index in [-0.39, 0.29) is 6.61 Å². The molecule has 0 aliphatic rings. The molecule has 4 nitrogen and oxygen atoms in total. The molecule has 4 heteroatoms. The third-order valence-corrected chi connectivity index (χ3v) is 1.71. The first kappa shape index (κ1) is 9.22. The number of H-pyrrole nitrogens is 1. The number of nitrogens with zero attached hydrogens (tertiary/aromatic N) is 1. The molecule has 0 spiro atoms. The molecule has 0 bridgehead atoms. The zero-order valence-corrected chi connectivity index (χ0v) is 7.46. The van der Waals surface area contributed by atoms with Gasteiger partial charge < -0.3 is 10.8 Å². The minimum Gasteiger partial charge on any atom is -0.394 e. The monoisotopic (exact) mass is 169 g/mol. The van der Waals surface area contributed by atoms with Crippen LogP contribution in [0.15, 0.2) is 6.07 Å². The minimum atomic E-state index is -0.568. The lowest BCUT2D eigenvalue weighted by Crippen LogP contribution is -2.42. The molecule has 1 rings (SSSR count). The van der Waals surface area contributed by atoms with Gasteiger partial charge >= 0.3 is 0 Å². The summed E-state index contributed by atoms with van der Waals surface area (Å²) in [6.07, 6.45) is 0.591. The largest absolute Gasteiger partial charge is 0.394 e. The van der Waals surface area contributed by atoms with Gasteiger partial charge in [0.05, 0.1) is 12.3 Å². The van der Waals surface area contributed by atoms with Gasteiger partial charge in [0.25, 0.3) is 0 Å². The molecule has 12 heavy (non-hydrogen) atoms. The Kier molecular flexibility index (Phi) is 2.49. The first-order valence-corrected chi connectivity index (χ1v) is 3.94. The molecule has 0 aliphatic heterocycles. The Hall–Kier alpha value is -0.870. The van der Waals surface area contributed by atoms with E-state index in [1.54, 1.807) is 6.92 Å². The van der Waals surface area contributed by atoms with Crippen molar-refractivity contribution < 1.29 is 5.11 Å². The predicted octanol–water partition coefficient (Wildman–Crippen LogP) is -0.0297. The highest BCUT2D eigenvalue weighted by Gasteiger charge is 2.18. The van der Waals surface area contributed by atoms with Crippen molar-refractivity contribution in [2.45, 2.75) is 25.8 Å². The molecule has 0 radical (unpaired) electrons. The predicted molar refractivity (Wildman–Crippen MR) is 46.7 cm³/mol. The van der Waals surface area contributed by atoms with Gasteiger partial charge in [-0.25, -0.2) is 0 Å². The number of nitrogens with two attached hydrogens (primary N) is 1. The second kappa shape index (κ2) is 3.25. The number of aryl methyl sites for hydroxylation is 1. The fraction of sp³-hybridized carbons (Fsp3) is 0.625. The molecule has 1 aromatic rings. The Morgan fingerprint density at radius 3 is 2.83 bits per heavy atom. The summed E-state index contributed by atoms with van der Waals surface area (Å²) in [6, 6.07) is 1.93. The van der Waals surface area contributed by atoms with Crippen LogP contribution in [0.2, 0.25) is 0 Å². The number of aliphatic hydroxyl groups is 1. The maximum absolute atomic E-state index is 8.90. The third kappa shape index (κ3) is 2.32. The summed E-state index contributed by atoms with van der Waals surface area (Å²) in [7, 11) is 0. The quantitative estimate of drug-likeness (QED) is 0.594. The van der Waals surface area contributed by atoms with Crippen LogP contribution in [0.5, 0.6) is 0 Å². The Morgan fingerprint density at radius 2 is 2.42 bits per heavy atom. The summed E-state index contributed by atoms with van der Waals surface area (Å²) < 4.78 is 0. The molecule has 68 valence electrons. The molecule has 0 fully saturated rings. The van der Waals surface area contributed by atoms with Gasteiger partial charge in [-0.15, -0.1) is 0 Å². The molecule has 1 atom stereocenters. The maximum Gasteiger partial charge on any atom is 0.0643 e. The number of nitrogens with one attached hydrogen (secondary N) is 1. The van der Waals surface area contributed by atoms with Crippen LogP contribution in [0, 0.1) is 6.92 Å². The highest BCUT2D eigenvalue weighted by atomic mass is 16.3. The summed E-state index contributed by atoms with van der Waals surface area (Å²) in [5.74, 6) is 0. The molecule has 0 saturated carbocycles. The van der Waals surface area contributed by atoms with Gasteiger partial charge in [0.1, 0.15) is 0 Å². The summed E-state index contributed by atoms with van der Waals surface area (Å²) in [5.41, 5.74) is 7.09. The molecule has 1 heterocycles. The average Bonchev–Trinajstić information content (AvgIpc) is 2.35. The van der Waals surface area contributed by atoms with Crippen molar-refractivity contribution in [3.63, 3.8) is 0 Å². The van der Waals surface area contributed by atoms with Crippen LogP contribution in [-0.4, -0.2) is 27.4 Å². The number of aliphatic hydroxyl groups excluding tert-OH is 1. The molecule has 1 unspecified atom stereocenters. The normalized spacial score (nSPS) is 16.0. The van der Waals surface area contributed by atoms with E-state index in [1.807, 2.05) is 13.0 Å². The molecular formula is C8H15N3O. The van der Waals surface area contributed by atoms with Gasteiger partial charge in [0, 0.05) is 17.7 Å². The molecular weight excluding hydrogens is 154 g/mol. The van der Waals surface area contributed by atoms with Crippen LogP contribution < -0.4 is 5.73 Å². The van der Waals surface area contributed by atoms with Crippen LogP contribution in [0.25, 0.3) is 0 Å². The van der Waals surface area contributed by atoms with Gasteiger partial charge in [-0.2, -0.15) is 5.10 Å². The molecule has 0 aromatic carbocycles. The molecule has 0 saturated heterocycles. The van der Waals surface area contributed by atoms with E-state index in [0.29, 0.717) is 6.42 Å². The van der Waals surface area contributed by atoms with Gasteiger partial charge in [-0.05, 0) is 19.9 Å². The van der Waals surface area contributed by atoms with E-state index in [2.05, 4.69) is 10.2 Å². The fourth-order valence-corrected chi connectivity index (χ4v) is 1.03. The van der Waals surface area contributed by atoms with Gasteiger partial charge in [0.15, 0.2) is 0 Å². The second-order valence-corrected chi connectivity index (χ2v) is 3.53. The van der Waals surface area contributed by atoms with Crippen LogP contribution >= 0.6 is 0 Å². The number of hydrogen-bond acceptors (Lipinski definition) is 3. The number of aromatic amines is 1. The van der Waals surface area contributed by atoms with Crippen molar-refractivity contribution in [3.05, 3.63) is 17.5 Å². The highest BCUT2D eigenvalue weighted by molar-refractivity contribution is 5.09. The first-order chi connectivity index (χ1) is 5.53. The topological polar surface area (TPSA) is 74.9 Å². The highest BCUT2D eigenvalue weighted by Crippen LogP contribution is 2.08. The second-order valence-electron chi connectivity index (χ2n) is 3.53.